The fourth-order valence-electron chi connectivity index (χ4n) is 6.26. The van der Waals surface area contributed by atoms with E-state index in [2.05, 4.69) is 67.5 Å². The summed E-state index contributed by atoms with van der Waals surface area (Å²) in [4.78, 5) is 0. The van der Waals surface area contributed by atoms with Crippen molar-refractivity contribution in [1.29, 1.82) is 0 Å². The lowest BCUT2D eigenvalue weighted by Crippen LogP contribution is -2.08. The van der Waals surface area contributed by atoms with E-state index in [1.807, 2.05) is 0 Å². The van der Waals surface area contributed by atoms with Gasteiger partial charge in [0.05, 0.1) is 0 Å². The molecule has 3 aromatic carbocycles. The lowest BCUT2D eigenvalue weighted by atomic mass is 9.79. The Hall–Kier alpha value is -1.82. The van der Waals surface area contributed by atoms with Gasteiger partial charge in [-0.1, -0.05) is 61.5 Å². The minimum atomic E-state index is 1.11. The number of benzene rings is 3. The van der Waals surface area contributed by atoms with Gasteiger partial charge in [-0.05, 0) is 123 Å². The molecule has 0 aliphatic heterocycles. The first-order chi connectivity index (χ1) is 14.6. The van der Waals surface area contributed by atoms with Gasteiger partial charge in [0, 0.05) is 0 Å². The number of fused-ring (bicyclic) bond motifs is 2. The summed E-state index contributed by atoms with van der Waals surface area (Å²) in [7, 11) is 0. The molecule has 0 aromatic heterocycles. The van der Waals surface area contributed by atoms with Crippen molar-refractivity contribution in [3.05, 3.63) is 56.6 Å². The number of aryl methyl sites for hydroxylation is 5. The van der Waals surface area contributed by atoms with Crippen molar-refractivity contribution in [2.24, 2.45) is 0 Å². The van der Waals surface area contributed by atoms with E-state index in [0.717, 1.165) is 51.4 Å². The van der Waals surface area contributed by atoms with Gasteiger partial charge in [-0.2, -0.15) is 0 Å². The summed E-state index contributed by atoms with van der Waals surface area (Å²) >= 11 is 0. The van der Waals surface area contributed by atoms with Crippen LogP contribution in [-0.2, 0) is 51.4 Å². The van der Waals surface area contributed by atoms with Gasteiger partial charge in [-0.15, -0.1) is 0 Å². The molecular formula is C30H42. The van der Waals surface area contributed by atoms with E-state index in [-0.39, 0.29) is 0 Å². The highest BCUT2D eigenvalue weighted by Gasteiger charge is 2.21. The van der Waals surface area contributed by atoms with E-state index in [1.165, 1.54) is 5.39 Å². The molecule has 0 nitrogen and oxygen atoms in total. The van der Waals surface area contributed by atoms with Crippen molar-refractivity contribution < 1.29 is 0 Å². The second-order valence-corrected chi connectivity index (χ2v) is 8.61. The predicted molar refractivity (Wildman–Crippen MR) is 136 cm³/mol. The largest absolute Gasteiger partial charge is 0.0613 e. The summed E-state index contributed by atoms with van der Waals surface area (Å²) in [5.41, 5.74) is 12.9. The maximum Gasteiger partial charge on any atom is -0.0108 e. The molecule has 0 aliphatic carbocycles. The summed E-state index contributed by atoms with van der Waals surface area (Å²) in [5.74, 6) is 0. The van der Waals surface area contributed by atoms with Crippen molar-refractivity contribution >= 4 is 21.5 Å². The summed E-state index contributed by atoms with van der Waals surface area (Å²) in [6.07, 6.45) is 9.04. The first-order valence-corrected chi connectivity index (χ1v) is 12.6. The van der Waals surface area contributed by atoms with Gasteiger partial charge >= 0.3 is 0 Å². The molecule has 0 fully saturated rings. The lowest BCUT2D eigenvalue weighted by molar-refractivity contribution is 0.957. The second-order valence-electron chi connectivity index (χ2n) is 8.61. The zero-order chi connectivity index (χ0) is 22.0. The van der Waals surface area contributed by atoms with Crippen LogP contribution in [0.1, 0.15) is 99.9 Å². The monoisotopic (exact) mass is 402 g/mol. The fraction of sp³-hybridized carbons (Fsp3) is 0.533. The molecule has 0 heterocycles. The summed E-state index contributed by atoms with van der Waals surface area (Å²) in [5, 5.41) is 6.19. The molecule has 0 saturated carbocycles. The van der Waals surface area contributed by atoms with E-state index in [0.29, 0.717) is 0 Å². The Kier molecular flexibility index (Phi) is 7.27. The first kappa shape index (κ1) is 22.9. The van der Waals surface area contributed by atoms with E-state index >= 15 is 0 Å². The zero-order valence-electron chi connectivity index (χ0n) is 20.8. The van der Waals surface area contributed by atoms with Crippen molar-refractivity contribution in [1.82, 2.24) is 0 Å². The molecule has 162 valence electrons. The molecular weight excluding hydrogens is 360 g/mol. The van der Waals surface area contributed by atoms with E-state index in [1.54, 1.807) is 60.7 Å². The predicted octanol–water partition coefficient (Wildman–Crippen LogP) is 8.49. The van der Waals surface area contributed by atoms with Crippen LogP contribution in [0.2, 0.25) is 0 Å². The highest BCUT2D eigenvalue weighted by atomic mass is 14.3. The standard InChI is InChI=1S/C30H42/c1-9-19-17-20-18-28-24(13-5)22(11-3)23(12-4)26(15-7)30(28)27(16-8)29(20)25(14-6)21(19)10-2/h17-18H,9-16H2,1-8H3. The molecule has 3 rings (SSSR count). The van der Waals surface area contributed by atoms with Crippen LogP contribution in [-0.4, -0.2) is 0 Å². The molecule has 0 radical (unpaired) electrons. The van der Waals surface area contributed by atoms with Crippen molar-refractivity contribution in [2.45, 2.75) is 107 Å². The van der Waals surface area contributed by atoms with Crippen molar-refractivity contribution in [3.63, 3.8) is 0 Å². The van der Waals surface area contributed by atoms with E-state index in [4.69, 9.17) is 0 Å². The second kappa shape index (κ2) is 9.54. The van der Waals surface area contributed by atoms with Crippen LogP contribution < -0.4 is 0 Å². The van der Waals surface area contributed by atoms with Crippen molar-refractivity contribution in [2.75, 3.05) is 0 Å². The van der Waals surface area contributed by atoms with Gasteiger partial charge in [0.1, 0.15) is 0 Å². The molecule has 3 aromatic rings. The summed E-state index contributed by atoms with van der Waals surface area (Å²) in [6.45, 7) is 18.8. The quantitative estimate of drug-likeness (QED) is 0.331. The molecule has 0 N–H and O–H groups in total. The lowest BCUT2D eigenvalue weighted by Gasteiger charge is -2.25. The molecule has 0 atom stereocenters. The molecule has 0 bridgehead atoms. The Morgan fingerprint density at radius 2 is 0.867 bits per heavy atom. The Bertz CT molecular complexity index is 1070. The van der Waals surface area contributed by atoms with Gasteiger partial charge in [0.25, 0.3) is 0 Å². The molecule has 0 aliphatic rings. The van der Waals surface area contributed by atoms with Crippen LogP contribution in [0.15, 0.2) is 12.1 Å². The van der Waals surface area contributed by atoms with Gasteiger partial charge in [-0.25, -0.2) is 0 Å². The number of rotatable bonds is 8. The highest BCUT2D eigenvalue weighted by molar-refractivity contribution is 6.07. The summed E-state index contributed by atoms with van der Waals surface area (Å²) in [6, 6.07) is 5.09. The maximum atomic E-state index is 2.57. The normalized spacial score (nSPS) is 11.7. The topological polar surface area (TPSA) is 0 Å². The molecule has 0 saturated heterocycles. The average molecular weight is 403 g/mol. The number of hydrogen-bond acceptors (Lipinski definition) is 0. The highest BCUT2D eigenvalue weighted by Crippen LogP contribution is 2.41. The van der Waals surface area contributed by atoms with Crippen LogP contribution in [0.4, 0.5) is 0 Å². The van der Waals surface area contributed by atoms with Crippen LogP contribution in [0.3, 0.4) is 0 Å². The van der Waals surface area contributed by atoms with Gasteiger partial charge < -0.3 is 0 Å². The van der Waals surface area contributed by atoms with Gasteiger partial charge in [0.2, 0.25) is 0 Å². The Balaban J connectivity index is 2.70. The third-order valence-electron chi connectivity index (χ3n) is 7.42. The van der Waals surface area contributed by atoms with Crippen LogP contribution in [0.25, 0.3) is 21.5 Å². The maximum absolute atomic E-state index is 2.57. The third kappa shape index (κ3) is 3.37. The Morgan fingerprint density at radius 3 is 1.33 bits per heavy atom. The van der Waals surface area contributed by atoms with E-state index < -0.39 is 0 Å². The average Bonchev–Trinajstić information content (AvgIpc) is 2.79. The van der Waals surface area contributed by atoms with Crippen molar-refractivity contribution in [3.8, 4) is 0 Å². The van der Waals surface area contributed by atoms with Gasteiger partial charge in [-0.3, -0.25) is 0 Å². The Morgan fingerprint density at radius 1 is 0.400 bits per heavy atom. The minimum absolute atomic E-state index is 1.11. The summed E-state index contributed by atoms with van der Waals surface area (Å²) < 4.78 is 0. The molecule has 0 amide bonds. The van der Waals surface area contributed by atoms with E-state index in [9.17, 15) is 0 Å². The molecule has 0 heteroatoms. The van der Waals surface area contributed by atoms with Gasteiger partial charge in [0.15, 0.2) is 0 Å². The Labute approximate surface area is 185 Å². The molecule has 0 spiro atoms. The molecule has 0 unspecified atom stereocenters. The SMILES string of the molecule is CCc1cc2cc3c(CC)c(CC)c(CC)c(CC)c3c(CC)c2c(CC)c1CC. The molecule has 30 heavy (non-hydrogen) atoms. The first-order valence-electron chi connectivity index (χ1n) is 12.6. The fourth-order valence-corrected chi connectivity index (χ4v) is 6.26. The minimum Gasteiger partial charge on any atom is -0.0613 e. The third-order valence-corrected chi connectivity index (χ3v) is 7.42. The van der Waals surface area contributed by atoms with Crippen LogP contribution in [0.5, 0.6) is 0 Å². The number of hydrogen-bond donors (Lipinski definition) is 0. The zero-order valence-corrected chi connectivity index (χ0v) is 20.8. The van der Waals surface area contributed by atoms with Crippen LogP contribution >= 0.6 is 0 Å². The van der Waals surface area contributed by atoms with Crippen LogP contribution in [0, 0.1) is 0 Å². The smallest absolute Gasteiger partial charge is 0.0108 e.